The molecule has 0 bridgehead atoms. The van der Waals surface area contributed by atoms with Crippen molar-refractivity contribution in [2.24, 2.45) is 0 Å². The molecular formula is C26H26F2N6S. The Bertz CT molecular complexity index is 1330. The summed E-state index contributed by atoms with van der Waals surface area (Å²) in [7, 11) is 0. The normalized spacial score (nSPS) is 14.3. The highest BCUT2D eigenvalue weighted by Crippen LogP contribution is 2.40. The van der Waals surface area contributed by atoms with Crippen molar-refractivity contribution >= 4 is 23.1 Å². The number of pyridine rings is 1. The summed E-state index contributed by atoms with van der Waals surface area (Å²) in [6.45, 7) is 5.48. The minimum absolute atomic E-state index is 0.285. The Kier molecular flexibility index (Phi) is 6.79. The molecule has 1 aliphatic rings. The van der Waals surface area contributed by atoms with Crippen LogP contribution in [0.1, 0.15) is 41.9 Å². The average Bonchev–Trinajstić information content (AvgIpc) is 3.33. The number of hydrogen-bond donors (Lipinski definition) is 2. The molecule has 180 valence electrons. The highest BCUT2D eigenvalue weighted by Gasteiger charge is 2.23. The molecule has 4 heterocycles. The van der Waals surface area contributed by atoms with E-state index in [1.807, 2.05) is 13.0 Å². The van der Waals surface area contributed by atoms with Gasteiger partial charge in [-0.25, -0.2) is 28.7 Å². The van der Waals surface area contributed by atoms with Crippen LogP contribution in [-0.2, 0) is 6.42 Å². The van der Waals surface area contributed by atoms with Crippen LogP contribution in [0.4, 0.5) is 20.5 Å². The van der Waals surface area contributed by atoms with Gasteiger partial charge >= 0.3 is 0 Å². The highest BCUT2D eigenvalue weighted by atomic mass is 32.1. The van der Waals surface area contributed by atoms with Gasteiger partial charge in [0.05, 0.1) is 27.0 Å². The molecule has 9 heteroatoms. The van der Waals surface area contributed by atoms with Gasteiger partial charge in [-0.3, -0.25) is 0 Å². The number of piperidine rings is 1. The molecule has 1 aliphatic heterocycles. The zero-order valence-corrected chi connectivity index (χ0v) is 20.4. The number of aryl methyl sites for hydroxylation is 2. The maximum absolute atomic E-state index is 14.2. The van der Waals surface area contributed by atoms with Gasteiger partial charge < -0.3 is 10.6 Å². The monoisotopic (exact) mass is 492 g/mol. The minimum atomic E-state index is -0.286. The molecule has 5 rings (SSSR count). The first-order chi connectivity index (χ1) is 17.0. The minimum Gasteiger partial charge on any atom is -0.317 e. The van der Waals surface area contributed by atoms with Crippen molar-refractivity contribution in [1.29, 1.82) is 0 Å². The van der Waals surface area contributed by atoms with Crippen molar-refractivity contribution in [2.75, 3.05) is 18.4 Å². The third-order valence-corrected chi connectivity index (χ3v) is 7.40. The molecule has 0 atom stereocenters. The molecule has 0 spiro atoms. The molecule has 0 saturated carbocycles. The number of hydrogen-bond acceptors (Lipinski definition) is 7. The largest absolute Gasteiger partial charge is 0.317 e. The number of anilines is 2. The zero-order chi connectivity index (χ0) is 24.4. The standard InChI is InChI=1S/C26H26F2N6S/c1-3-16-14-21(31-15(2)22(16)28)33-26-30-13-10-20(32-26)24-23(17-4-6-19(27)7-5-17)34-25(35-24)18-8-11-29-12-9-18/h4-7,10,13-14,18,29H,3,8-9,11-12H2,1-2H3,(H,30,31,32,33). The van der Waals surface area contributed by atoms with Crippen molar-refractivity contribution in [3.8, 4) is 21.8 Å². The molecule has 6 nitrogen and oxygen atoms in total. The van der Waals surface area contributed by atoms with Crippen LogP contribution in [0.25, 0.3) is 21.8 Å². The van der Waals surface area contributed by atoms with E-state index in [0.29, 0.717) is 41.1 Å². The fraction of sp³-hybridized carbons (Fsp3) is 0.308. The van der Waals surface area contributed by atoms with Crippen LogP contribution in [0.5, 0.6) is 0 Å². The number of benzene rings is 1. The molecule has 0 amide bonds. The molecular weight excluding hydrogens is 466 g/mol. The van der Waals surface area contributed by atoms with E-state index in [0.717, 1.165) is 47.1 Å². The summed E-state index contributed by atoms with van der Waals surface area (Å²) < 4.78 is 27.8. The third kappa shape index (κ3) is 5.06. The number of nitrogens with zero attached hydrogens (tertiary/aromatic N) is 4. The molecule has 1 saturated heterocycles. The topological polar surface area (TPSA) is 75.6 Å². The van der Waals surface area contributed by atoms with Crippen LogP contribution in [-0.4, -0.2) is 33.0 Å². The molecule has 1 fully saturated rings. The summed E-state index contributed by atoms with van der Waals surface area (Å²) in [5.41, 5.74) is 3.26. The first kappa shape index (κ1) is 23.4. The molecule has 35 heavy (non-hydrogen) atoms. The first-order valence-corrected chi connectivity index (χ1v) is 12.6. The van der Waals surface area contributed by atoms with E-state index in [1.54, 1.807) is 42.7 Å². The molecule has 0 radical (unpaired) electrons. The average molecular weight is 493 g/mol. The van der Waals surface area contributed by atoms with E-state index >= 15 is 0 Å². The lowest BCUT2D eigenvalue weighted by Crippen LogP contribution is -2.26. The van der Waals surface area contributed by atoms with Crippen LogP contribution >= 0.6 is 11.3 Å². The smallest absolute Gasteiger partial charge is 0.228 e. The van der Waals surface area contributed by atoms with E-state index < -0.39 is 0 Å². The Morgan fingerprint density at radius 2 is 1.83 bits per heavy atom. The summed E-state index contributed by atoms with van der Waals surface area (Å²) >= 11 is 1.63. The summed E-state index contributed by atoms with van der Waals surface area (Å²) in [5, 5.41) is 7.59. The summed E-state index contributed by atoms with van der Waals surface area (Å²) in [4.78, 5) is 19.3. The van der Waals surface area contributed by atoms with Crippen LogP contribution < -0.4 is 10.6 Å². The summed E-state index contributed by atoms with van der Waals surface area (Å²) in [6, 6.07) is 9.92. The Balaban J connectivity index is 1.53. The molecule has 0 aliphatic carbocycles. The predicted molar refractivity (Wildman–Crippen MR) is 135 cm³/mol. The molecule has 3 aromatic heterocycles. The number of rotatable bonds is 6. The van der Waals surface area contributed by atoms with Crippen molar-refractivity contribution in [2.45, 2.75) is 39.0 Å². The quantitative estimate of drug-likeness (QED) is 0.343. The lowest BCUT2D eigenvalue weighted by Gasteiger charge is -2.20. The van der Waals surface area contributed by atoms with Crippen molar-refractivity contribution in [3.63, 3.8) is 0 Å². The molecule has 2 N–H and O–H groups in total. The number of nitrogens with one attached hydrogen (secondary N) is 2. The maximum Gasteiger partial charge on any atom is 0.228 e. The fourth-order valence-corrected chi connectivity index (χ4v) is 5.49. The SMILES string of the molecule is CCc1cc(Nc2nccc(-c3sc(C4CCNCC4)nc3-c3ccc(F)cc3)n2)nc(C)c1F. The van der Waals surface area contributed by atoms with Gasteiger partial charge in [0, 0.05) is 17.7 Å². The van der Waals surface area contributed by atoms with E-state index in [9.17, 15) is 8.78 Å². The highest BCUT2D eigenvalue weighted by molar-refractivity contribution is 7.15. The van der Waals surface area contributed by atoms with E-state index in [-0.39, 0.29) is 11.6 Å². The van der Waals surface area contributed by atoms with E-state index in [2.05, 4.69) is 20.6 Å². The lowest BCUT2D eigenvalue weighted by atomic mass is 9.99. The van der Waals surface area contributed by atoms with Crippen LogP contribution in [0.15, 0.2) is 42.6 Å². The predicted octanol–water partition coefficient (Wildman–Crippen LogP) is 6.02. The van der Waals surface area contributed by atoms with Gasteiger partial charge in [0.2, 0.25) is 5.95 Å². The Morgan fingerprint density at radius 1 is 1.06 bits per heavy atom. The van der Waals surface area contributed by atoms with Gasteiger partial charge in [0.1, 0.15) is 17.5 Å². The van der Waals surface area contributed by atoms with Crippen LogP contribution in [0.2, 0.25) is 0 Å². The van der Waals surface area contributed by atoms with Crippen LogP contribution in [0, 0.1) is 18.6 Å². The second kappa shape index (κ2) is 10.1. The molecule has 4 aromatic rings. The van der Waals surface area contributed by atoms with Crippen molar-refractivity contribution in [1.82, 2.24) is 25.3 Å². The van der Waals surface area contributed by atoms with E-state index in [4.69, 9.17) is 9.97 Å². The molecule has 0 unspecified atom stereocenters. The maximum atomic E-state index is 14.2. The lowest BCUT2D eigenvalue weighted by molar-refractivity contribution is 0.459. The summed E-state index contributed by atoms with van der Waals surface area (Å²) in [5.74, 6) is 0.673. The zero-order valence-electron chi connectivity index (χ0n) is 19.6. The second-order valence-corrected chi connectivity index (χ2v) is 9.60. The Labute approximate surface area is 206 Å². The third-order valence-electron chi connectivity index (χ3n) is 6.16. The van der Waals surface area contributed by atoms with Crippen molar-refractivity contribution in [3.05, 3.63) is 70.5 Å². The molecule has 1 aromatic carbocycles. The Morgan fingerprint density at radius 3 is 2.57 bits per heavy atom. The van der Waals surface area contributed by atoms with Gasteiger partial charge in [0.15, 0.2) is 0 Å². The van der Waals surface area contributed by atoms with Crippen molar-refractivity contribution < 1.29 is 8.78 Å². The Hall–Kier alpha value is -3.30. The summed E-state index contributed by atoms with van der Waals surface area (Å²) in [6.07, 6.45) is 4.30. The van der Waals surface area contributed by atoms with Gasteiger partial charge in [-0.2, -0.15) is 0 Å². The van der Waals surface area contributed by atoms with Gasteiger partial charge in [-0.1, -0.05) is 6.92 Å². The van der Waals surface area contributed by atoms with Crippen LogP contribution in [0.3, 0.4) is 0 Å². The number of aromatic nitrogens is 4. The van der Waals surface area contributed by atoms with Gasteiger partial charge in [-0.05, 0) is 81.2 Å². The second-order valence-electron chi connectivity index (χ2n) is 8.57. The number of thiazole rings is 1. The first-order valence-electron chi connectivity index (χ1n) is 11.8. The van der Waals surface area contributed by atoms with Gasteiger partial charge in [-0.15, -0.1) is 11.3 Å². The van der Waals surface area contributed by atoms with E-state index in [1.165, 1.54) is 12.1 Å². The number of halogens is 2. The fourth-order valence-electron chi connectivity index (χ4n) is 4.26. The van der Waals surface area contributed by atoms with Gasteiger partial charge in [0.25, 0.3) is 0 Å².